The van der Waals surface area contributed by atoms with Crippen LogP contribution < -0.4 is 0 Å². The second-order valence-electron chi connectivity index (χ2n) is 5.80. The van der Waals surface area contributed by atoms with Gasteiger partial charge in [0.05, 0.1) is 18.4 Å². The number of urea groups is 1. The van der Waals surface area contributed by atoms with E-state index in [1.165, 1.54) is 0 Å². The lowest BCUT2D eigenvalue weighted by Gasteiger charge is -2.44. The number of halogens is 1. The number of nitrogens with zero attached hydrogens (tertiary/aromatic N) is 3. The average Bonchev–Trinajstić information content (AvgIpc) is 2.62. The summed E-state index contributed by atoms with van der Waals surface area (Å²) in [6.07, 6.45) is -5.07. The van der Waals surface area contributed by atoms with Crippen LogP contribution in [0.1, 0.15) is 26.2 Å². The predicted octanol–water partition coefficient (Wildman–Crippen LogP) is -0.379. The lowest BCUT2D eigenvalue weighted by Crippen LogP contribution is -2.65. The molecule has 0 aromatic rings. The van der Waals surface area contributed by atoms with Gasteiger partial charge < -0.3 is 25.2 Å². The molecule has 11 heteroatoms. The molecule has 1 fully saturated rings. The first-order valence-corrected chi connectivity index (χ1v) is 8.74. The van der Waals surface area contributed by atoms with Gasteiger partial charge in [0.1, 0.15) is 24.4 Å². The quantitative estimate of drug-likeness (QED) is 0.184. The molecule has 146 valence electrons. The molecule has 25 heavy (non-hydrogen) atoms. The van der Waals surface area contributed by atoms with E-state index in [1.807, 2.05) is 6.92 Å². The fraction of sp³-hybridized carbons (Fsp3) is 0.929. The van der Waals surface area contributed by atoms with Gasteiger partial charge in [0.2, 0.25) is 0 Å². The number of nitroso groups, excluding NO2 is 1. The summed E-state index contributed by atoms with van der Waals surface area (Å²) in [5, 5.41) is 42.5. The van der Waals surface area contributed by atoms with E-state index in [-0.39, 0.29) is 19.0 Å². The van der Waals surface area contributed by atoms with Crippen LogP contribution in [0.5, 0.6) is 0 Å². The standard InChI is InChI=1S/C14H26ClN3O7/c1-2-3-4-6-17(14(23)18(16-24)7-5-15)13-12(22)11(21)10(20)9(8-19)25-13/h9-13,19-22H,2-8H2,1H3/t9-,10+,11+,12-,13-/m1/s1. The monoisotopic (exact) mass is 383 g/mol. The molecule has 1 aliphatic heterocycles. The largest absolute Gasteiger partial charge is 0.394 e. The number of aliphatic hydroxyl groups is 4. The molecule has 1 rings (SSSR count). The maximum absolute atomic E-state index is 12.6. The summed E-state index contributed by atoms with van der Waals surface area (Å²) in [6, 6.07) is -0.837. The van der Waals surface area contributed by atoms with Crippen molar-refractivity contribution in [3.8, 4) is 0 Å². The van der Waals surface area contributed by atoms with Gasteiger partial charge in [0.15, 0.2) is 6.23 Å². The second-order valence-corrected chi connectivity index (χ2v) is 6.17. The molecule has 1 aliphatic rings. The fourth-order valence-corrected chi connectivity index (χ4v) is 2.76. The van der Waals surface area contributed by atoms with Gasteiger partial charge in [0, 0.05) is 12.4 Å². The Labute approximate surface area is 150 Å². The highest BCUT2D eigenvalue weighted by Crippen LogP contribution is 2.25. The minimum Gasteiger partial charge on any atom is -0.394 e. The molecule has 5 atom stereocenters. The van der Waals surface area contributed by atoms with Gasteiger partial charge in [-0.25, -0.2) is 4.79 Å². The summed E-state index contributed by atoms with van der Waals surface area (Å²) < 4.78 is 5.41. The second kappa shape index (κ2) is 10.8. The maximum Gasteiger partial charge on any atom is 0.345 e. The molecule has 4 N–H and O–H groups in total. The summed E-state index contributed by atoms with van der Waals surface area (Å²) >= 11 is 5.55. The van der Waals surface area contributed by atoms with Crippen LogP contribution in [-0.2, 0) is 4.74 Å². The van der Waals surface area contributed by atoms with Crippen molar-refractivity contribution in [1.82, 2.24) is 9.91 Å². The van der Waals surface area contributed by atoms with Gasteiger partial charge in [-0.3, -0.25) is 4.90 Å². The molecule has 0 aliphatic carbocycles. The van der Waals surface area contributed by atoms with E-state index in [9.17, 15) is 30.1 Å². The van der Waals surface area contributed by atoms with E-state index in [0.29, 0.717) is 11.4 Å². The molecule has 0 aromatic carbocycles. The topological polar surface area (TPSA) is 143 Å². The Morgan fingerprint density at radius 1 is 1.16 bits per heavy atom. The molecule has 0 saturated carbocycles. The van der Waals surface area contributed by atoms with Crippen LogP contribution in [0.25, 0.3) is 0 Å². The number of alkyl halides is 1. The Morgan fingerprint density at radius 3 is 2.36 bits per heavy atom. The first-order valence-electron chi connectivity index (χ1n) is 8.20. The Kier molecular flexibility index (Phi) is 9.54. The van der Waals surface area contributed by atoms with E-state index in [2.05, 4.69) is 5.29 Å². The summed E-state index contributed by atoms with van der Waals surface area (Å²) in [5.74, 6) is -0.0189. The van der Waals surface area contributed by atoms with Crippen molar-refractivity contribution in [3.05, 3.63) is 4.91 Å². The number of hydrogen-bond acceptors (Lipinski definition) is 8. The van der Waals surface area contributed by atoms with E-state index in [4.69, 9.17) is 16.3 Å². The average molecular weight is 384 g/mol. The van der Waals surface area contributed by atoms with Crippen LogP contribution in [0.3, 0.4) is 0 Å². The van der Waals surface area contributed by atoms with Gasteiger partial charge >= 0.3 is 6.03 Å². The van der Waals surface area contributed by atoms with Crippen LogP contribution >= 0.6 is 11.6 Å². The molecule has 1 heterocycles. The Morgan fingerprint density at radius 2 is 1.84 bits per heavy atom. The molecule has 0 bridgehead atoms. The van der Waals surface area contributed by atoms with Gasteiger partial charge in [0.25, 0.3) is 0 Å². The van der Waals surface area contributed by atoms with Gasteiger partial charge in [-0.2, -0.15) is 5.01 Å². The van der Waals surface area contributed by atoms with Gasteiger partial charge in [-0.15, -0.1) is 16.5 Å². The molecule has 0 unspecified atom stereocenters. The van der Waals surface area contributed by atoms with E-state index >= 15 is 0 Å². The number of rotatable bonds is 9. The number of amides is 2. The summed E-state index contributed by atoms with van der Waals surface area (Å²) in [6.45, 7) is 1.35. The Balaban J connectivity index is 3.03. The van der Waals surface area contributed by atoms with Crippen molar-refractivity contribution >= 4 is 17.6 Å². The van der Waals surface area contributed by atoms with Crippen LogP contribution in [0.4, 0.5) is 4.79 Å². The smallest absolute Gasteiger partial charge is 0.345 e. The Hall–Kier alpha value is -1.04. The normalized spacial score (nSPS) is 29.3. The zero-order valence-corrected chi connectivity index (χ0v) is 14.8. The Bertz CT molecular complexity index is 429. The lowest BCUT2D eigenvalue weighted by atomic mass is 9.97. The van der Waals surface area contributed by atoms with Crippen LogP contribution in [0.2, 0.25) is 0 Å². The SMILES string of the molecule is CCCCCN(C(=O)N(CCCl)N=O)[C@@H]1O[C@H](CO)[C@H](O)[C@H](O)[C@H]1O. The van der Waals surface area contributed by atoms with E-state index in [1.54, 1.807) is 0 Å². The minimum atomic E-state index is -1.62. The molecule has 0 spiro atoms. The summed E-state index contributed by atoms with van der Waals surface area (Å²) in [7, 11) is 0. The van der Waals surface area contributed by atoms with Gasteiger partial charge in [-0.1, -0.05) is 19.8 Å². The maximum atomic E-state index is 12.6. The number of carbonyl (C=O) groups excluding carboxylic acids is 1. The third kappa shape index (κ3) is 5.47. The highest BCUT2D eigenvalue weighted by Gasteiger charge is 2.47. The van der Waals surface area contributed by atoms with Crippen molar-refractivity contribution in [2.24, 2.45) is 5.29 Å². The van der Waals surface area contributed by atoms with Crippen LogP contribution in [0.15, 0.2) is 5.29 Å². The zero-order chi connectivity index (χ0) is 19.0. The third-order valence-electron chi connectivity index (χ3n) is 4.04. The van der Waals surface area contributed by atoms with E-state index < -0.39 is 43.3 Å². The molecule has 1 saturated heterocycles. The molecule has 0 aromatic heterocycles. The van der Waals surface area contributed by atoms with Crippen molar-refractivity contribution in [2.45, 2.75) is 56.8 Å². The zero-order valence-electron chi connectivity index (χ0n) is 14.1. The lowest BCUT2D eigenvalue weighted by molar-refractivity contribution is -0.258. The van der Waals surface area contributed by atoms with Crippen molar-refractivity contribution in [3.63, 3.8) is 0 Å². The first-order chi connectivity index (χ1) is 11.9. The van der Waals surface area contributed by atoms with E-state index in [0.717, 1.165) is 17.7 Å². The minimum absolute atomic E-state index is 0.0189. The van der Waals surface area contributed by atoms with Crippen LogP contribution in [-0.4, -0.2) is 92.6 Å². The number of ether oxygens (including phenoxy) is 1. The van der Waals surface area contributed by atoms with Crippen molar-refractivity contribution in [1.29, 1.82) is 0 Å². The molecule has 2 amide bonds. The number of carbonyl (C=O) groups is 1. The number of aliphatic hydroxyl groups excluding tert-OH is 4. The first kappa shape index (κ1) is 22.0. The molecular formula is C14H26ClN3O7. The van der Waals surface area contributed by atoms with Crippen LogP contribution in [0, 0.1) is 4.91 Å². The summed E-state index contributed by atoms with van der Waals surface area (Å²) in [4.78, 5) is 24.6. The fourth-order valence-electron chi connectivity index (χ4n) is 2.60. The van der Waals surface area contributed by atoms with Crippen molar-refractivity contribution < 1.29 is 30.0 Å². The van der Waals surface area contributed by atoms with Crippen molar-refractivity contribution in [2.75, 3.05) is 25.6 Å². The predicted molar refractivity (Wildman–Crippen MR) is 88.6 cm³/mol. The number of hydrogen-bond donors (Lipinski definition) is 4. The highest BCUT2D eigenvalue weighted by atomic mass is 35.5. The molecule has 0 radical (unpaired) electrons. The molecular weight excluding hydrogens is 358 g/mol. The molecule has 10 nitrogen and oxygen atoms in total. The highest BCUT2D eigenvalue weighted by molar-refractivity contribution is 6.18. The number of unbranched alkanes of at least 4 members (excludes halogenated alkanes) is 2. The summed E-state index contributed by atoms with van der Waals surface area (Å²) in [5.41, 5.74) is 0. The van der Waals surface area contributed by atoms with Gasteiger partial charge in [-0.05, 0) is 6.42 Å². The third-order valence-corrected chi connectivity index (χ3v) is 4.21.